The highest BCUT2D eigenvalue weighted by molar-refractivity contribution is 5.93. The van der Waals surface area contributed by atoms with E-state index in [2.05, 4.69) is 5.32 Å². The van der Waals surface area contributed by atoms with E-state index in [1.54, 1.807) is 31.2 Å². The van der Waals surface area contributed by atoms with Crippen molar-refractivity contribution in [3.8, 4) is 0 Å². The molecule has 2 rings (SSSR count). The van der Waals surface area contributed by atoms with Crippen LogP contribution in [-0.4, -0.2) is 12.5 Å². The van der Waals surface area contributed by atoms with E-state index in [4.69, 9.17) is 4.42 Å². The van der Waals surface area contributed by atoms with E-state index in [9.17, 15) is 9.59 Å². The van der Waals surface area contributed by atoms with E-state index in [-0.39, 0.29) is 17.1 Å². The lowest BCUT2D eigenvalue weighted by Gasteiger charge is -2.02. The molecule has 82 valence electrons. The molecule has 1 aromatic heterocycles. The molecule has 4 nitrogen and oxygen atoms in total. The number of carbonyl (C=O) groups is 1. The van der Waals surface area contributed by atoms with E-state index >= 15 is 0 Å². The minimum Gasteiger partial charge on any atom is -0.451 e. The molecule has 1 N–H and O–H groups in total. The van der Waals surface area contributed by atoms with Crippen LogP contribution in [0.25, 0.3) is 11.0 Å². The highest BCUT2D eigenvalue weighted by atomic mass is 16.3. The van der Waals surface area contributed by atoms with E-state index in [1.807, 2.05) is 0 Å². The Morgan fingerprint density at radius 3 is 2.88 bits per heavy atom. The first-order valence-corrected chi connectivity index (χ1v) is 5.03. The fourth-order valence-corrected chi connectivity index (χ4v) is 1.46. The summed E-state index contributed by atoms with van der Waals surface area (Å²) in [5.74, 6) is -0.323. The van der Waals surface area contributed by atoms with E-state index in [0.29, 0.717) is 17.5 Å². The van der Waals surface area contributed by atoms with Crippen LogP contribution in [0.3, 0.4) is 0 Å². The number of para-hydroxylation sites is 1. The number of rotatable bonds is 2. The molecule has 1 heterocycles. The van der Waals surface area contributed by atoms with Crippen LogP contribution in [-0.2, 0) is 0 Å². The summed E-state index contributed by atoms with van der Waals surface area (Å²) < 4.78 is 5.34. The first kappa shape index (κ1) is 10.4. The van der Waals surface area contributed by atoms with Crippen molar-refractivity contribution in [1.82, 2.24) is 5.32 Å². The van der Waals surface area contributed by atoms with Crippen LogP contribution in [0, 0.1) is 0 Å². The van der Waals surface area contributed by atoms with Gasteiger partial charge in [-0.15, -0.1) is 0 Å². The summed E-state index contributed by atoms with van der Waals surface area (Å²) in [4.78, 5) is 23.2. The molecule has 0 saturated carbocycles. The Hall–Kier alpha value is -2.10. The fraction of sp³-hybridized carbons (Fsp3) is 0.167. The molecule has 1 aromatic carbocycles. The topological polar surface area (TPSA) is 59.3 Å². The van der Waals surface area contributed by atoms with Crippen LogP contribution in [0.4, 0.5) is 0 Å². The molecule has 0 bridgehead atoms. The third-order valence-electron chi connectivity index (χ3n) is 2.20. The summed E-state index contributed by atoms with van der Waals surface area (Å²) >= 11 is 0. The van der Waals surface area contributed by atoms with Crippen molar-refractivity contribution in [2.45, 2.75) is 6.92 Å². The standard InChI is InChI=1S/C12H11NO3/c1-2-13-12(15)11-7-9(14)8-5-3-4-6-10(8)16-11/h3-7H,2H2,1H3,(H,13,15). The maximum atomic E-state index is 11.7. The summed E-state index contributed by atoms with van der Waals surface area (Å²) in [5, 5.41) is 3.06. The van der Waals surface area contributed by atoms with Crippen molar-refractivity contribution in [2.75, 3.05) is 6.54 Å². The number of nitrogens with one attached hydrogen (secondary N) is 1. The van der Waals surface area contributed by atoms with Crippen LogP contribution in [0.2, 0.25) is 0 Å². The highest BCUT2D eigenvalue weighted by Crippen LogP contribution is 2.11. The molecule has 1 amide bonds. The maximum Gasteiger partial charge on any atom is 0.287 e. The van der Waals surface area contributed by atoms with Gasteiger partial charge in [-0.25, -0.2) is 0 Å². The SMILES string of the molecule is CCNC(=O)c1cc(=O)c2ccccc2o1. The van der Waals surface area contributed by atoms with Crippen LogP contribution >= 0.6 is 0 Å². The van der Waals surface area contributed by atoms with E-state index in [1.165, 1.54) is 6.07 Å². The lowest BCUT2D eigenvalue weighted by atomic mass is 10.2. The van der Waals surface area contributed by atoms with Crippen LogP contribution in [0.1, 0.15) is 17.5 Å². The maximum absolute atomic E-state index is 11.7. The molecule has 0 fully saturated rings. The average Bonchev–Trinajstić information content (AvgIpc) is 2.29. The molecule has 0 atom stereocenters. The van der Waals surface area contributed by atoms with Gasteiger partial charge in [-0.1, -0.05) is 12.1 Å². The lowest BCUT2D eigenvalue weighted by Crippen LogP contribution is -2.23. The van der Waals surface area contributed by atoms with Crippen LogP contribution < -0.4 is 10.7 Å². The summed E-state index contributed by atoms with van der Waals surface area (Å²) in [5.41, 5.74) is 0.222. The number of benzene rings is 1. The smallest absolute Gasteiger partial charge is 0.287 e. The Morgan fingerprint density at radius 1 is 1.38 bits per heavy atom. The lowest BCUT2D eigenvalue weighted by molar-refractivity contribution is 0.0929. The van der Waals surface area contributed by atoms with E-state index < -0.39 is 0 Å². The summed E-state index contributed by atoms with van der Waals surface area (Å²) in [7, 11) is 0. The molecule has 0 aliphatic rings. The van der Waals surface area contributed by atoms with Gasteiger partial charge in [-0.05, 0) is 19.1 Å². The van der Waals surface area contributed by atoms with Gasteiger partial charge in [0.1, 0.15) is 5.58 Å². The summed E-state index contributed by atoms with van der Waals surface area (Å²) in [6.07, 6.45) is 0. The molecule has 2 aromatic rings. The van der Waals surface area contributed by atoms with Crippen molar-refractivity contribution in [1.29, 1.82) is 0 Å². The molecule has 0 radical (unpaired) electrons. The molecule has 0 aliphatic heterocycles. The zero-order chi connectivity index (χ0) is 11.5. The van der Waals surface area contributed by atoms with Gasteiger partial charge < -0.3 is 9.73 Å². The van der Waals surface area contributed by atoms with Gasteiger partial charge in [0.15, 0.2) is 11.2 Å². The number of carbonyl (C=O) groups excluding carboxylic acids is 1. The van der Waals surface area contributed by atoms with Crippen molar-refractivity contribution < 1.29 is 9.21 Å². The number of hydrogen-bond acceptors (Lipinski definition) is 3. The third kappa shape index (κ3) is 1.82. The van der Waals surface area contributed by atoms with Gasteiger partial charge in [-0.2, -0.15) is 0 Å². The van der Waals surface area contributed by atoms with Crippen LogP contribution in [0.5, 0.6) is 0 Å². The Kier molecular flexibility index (Phi) is 2.72. The van der Waals surface area contributed by atoms with E-state index in [0.717, 1.165) is 0 Å². The predicted octanol–water partition coefficient (Wildman–Crippen LogP) is 1.54. The zero-order valence-electron chi connectivity index (χ0n) is 8.82. The van der Waals surface area contributed by atoms with Crippen molar-refractivity contribution in [3.05, 3.63) is 46.3 Å². The largest absolute Gasteiger partial charge is 0.451 e. The van der Waals surface area contributed by atoms with Crippen molar-refractivity contribution >= 4 is 16.9 Å². The minimum atomic E-state index is -0.370. The van der Waals surface area contributed by atoms with Gasteiger partial charge in [0.25, 0.3) is 5.91 Å². The van der Waals surface area contributed by atoms with Gasteiger partial charge >= 0.3 is 0 Å². The molecule has 16 heavy (non-hydrogen) atoms. The average molecular weight is 217 g/mol. The molecule has 0 aliphatic carbocycles. The Balaban J connectivity index is 2.58. The second kappa shape index (κ2) is 4.18. The van der Waals surface area contributed by atoms with Crippen LogP contribution in [0.15, 0.2) is 39.5 Å². The first-order chi connectivity index (χ1) is 7.72. The summed E-state index contributed by atoms with van der Waals surface area (Å²) in [6, 6.07) is 8.06. The monoisotopic (exact) mass is 217 g/mol. The van der Waals surface area contributed by atoms with Gasteiger partial charge in [-0.3, -0.25) is 9.59 Å². The minimum absolute atomic E-state index is 0.0468. The van der Waals surface area contributed by atoms with Gasteiger partial charge in [0.2, 0.25) is 0 Å². The highest BCUT2D eigenvalue weighted by Gasteiger charge is 2.10. The number of amides is 1. The van der Waals surface area contributed by atoms with Crippen molar-refractivity contribution in [2.24, 2.45) is 0 Å². The Labute approximate surface area is 91.9 Å². The quantitative estimate of drug-likeness (QED) is 0.830. The third-order valence-corrected chi connectivity index (χ3v) is 2.20. The first-order valence-electron chi connectivity index (χ1n) is 5.03. The molecule has 0 spiro atoms. The second-order valence-electron chi connectivity index (χ2n) is 3.33. The van der Waals surface area contributed by atoms with Gasteiger partial charge in [0, 0.05) is 12.6 Å². The summed E-state index contributed by atoms with van der Waals surface area (Å²) in [6.45, 7) is 2.30. The Bertz CT molecular complexity index is 586. The van der Waals surface area contributed by atoms with Gasteiger partial charge in [0.05, 0.1) is 5.39 Å². The number of fused-ring (bicyclic) bond motifs is 1. The predicted molar refractivity (Wildman–Crippen MR) is 60.5 cm³/mol. The Morgan fingerprint density at radius 2 is 2.12 bits per heavy atom. The number of hydrogen-bond donors (Lipinski definition) is 1. The fourth-order valence-electron chi connectivity index (χ4n) is 1.46. The molecule has 0 unspecified atom stereocenters. The molecule has 0 saturated heterocycles. The molecular formula is C12H11NO3. The zero-order valence-corrected chi connectivity index (χ0v) is 8.82. The second-order valence-corrected chi connectivity index (χ2v) is 3.33. The normalized spacial score (nSPS) is 10.3. The molecular weight excluding hydrogens is 206 g/mol. The van der Waals surface area contributed by atoms with Crippen molar-refractivity contribution in [3.63, 3.8) is 0 Å². The molecule has 4 heteroatoms.